The topological polar surface area (TPSA) is 150 Å². The summed E-state index contributed by atoms with van der Waals surface area (Å²) in [5, 5.41) is 6.80. The number of imidazole rings is 1. The summed E-state index contributed by atoms with van der Waals surface area (Å²) in [6.45, 7) is 21.0. The fourth-order valence-electron chi connectivity index (χ4n) is 5.93. The van der Waals surface area contributed by atoms with Gasteiger partial charge in [-0.05, 0) is 27.7 Å². The molecule has 3 atom stereocenters. The standard InChI is InChI=1S/C30H50N10O5Si/c1-20(41)38-16-15-37(28(42)45-30(3,4)5)18-23(38)40-26-25(35-27(40)36-12-9-31-10-13-36)24(33-19-34-26)22-17-32-11-14-39(22)29(43)44-21(2)46(6,7)8/h19,21-23,31-32H,9-18H2,1-8H3. The van der Waals surface area contributed by atoms with Gasteiger partial charge in [-0.2, -0.15) is 0 Å². The molecule has 3 amide bonds. The highest BCUT2D eigenvalue weighted by Crippen LogP contribution is 2.35. The summed E-state index contributed by atoms with van der Waals surface area (Å²) < 4.78 is 13.7. The van der Waals surface area contributed by atoms with Crippen molar-refractivity contribution < 1.29 is 23.9 Å². The maximum atomic E-state index is 13.6. The van der Waals surface area contributed by atoms with Crippen LogP contribution in [0.1, 0.15) is 52.5 Å². The smallest absolute Gasteiger partial charge is 0.410 e. The van der Waals surface area contributed by atoms with Crippen LogP contribution >= 0.6 is 0 Å². The van der Waals surface area contributed by atoms with Crippen LogP contribution in [0.15, 0.2) is 6.33 Å². The third kappa shape index (κ3) is 7.23. The SMILES string of the molecule is CC(=O)N1CCN(C(=O)OC(C)(C)C)CC1n1c(N2CCNCC2)nc2c(C3CNCCN3C(=O)OC(C)[Si](C)(C)C)ncnc21. The number of rotatable bonds is 5. The molecule has 0 aliphatic carbocycles. The molecule has 3 saturated heterocycles. The number of hydrogen-bond donors (Lipinski definition) is 2. The van der Waals surface area contributed by atoms with Gasteiger partial charge >= 0.3 is 12.2 Å². The molecule has 0 spiro atoms. The predicted octanol–water partition coefficient (Wildman–Crippen LogP) is 2.18. The molecular weight excluding hydrogens is 608 g/mol. The largest absolute Gasteiger partial charge is 0.450 e. The maximum absolute atomic E-state index is 13.6. The Bertz CT molecular complexity index is 1430. The van der Waals surface area contributed by atoms with Gasteiger partial charge in [0.25, 0.3) is 0 Å². The van der Waals surface area contributed by atoms with E-state index < -0.39 is 32.0 Å². The molecule has 3 aliphatic heterocycles. The van der Waals surface area contributed by atoms with Gasteiger partial charge in [0.2, 0.25) is 11.9 Å². The van der Waals surface area contributed by atoms with E-state index in [0.717, 1.165) is 13.1 Å². The number of anilines is 1. The zero-order valence-corrected chi connectivity index (χ0v) is 29.5. The highest BCUT2D eigenvalue weighted by Gasteiger charge is 2.40. The molecule has 3 aliphatic rings. The Labute approximate surface area is 272 Å². The van der Waals surface area contributed by atoms with Crippen molar-refractivity contribution in [2.45, 2.75) is 77.8 Å². The number of amides is 3. The van der Waals surface area contributed by atoms with Crippen LogP contribution < -0.4 is 15.5 Å². The van der Waals surface area contributed by atoms with E-state index in [-0.39, 0.29) is 24.3 Å². The van der Waals surface area contributed by atoms with Crippen LogP contribution in [0.5, 0.6) is 0 Å². The molecule has 16 heteroatoms. The molecule has 5 rings (SSSR count). The Kier molecular flexibility index (Phi) is 9.80. The van der Waals surface area contributed by atoms with Crippen molar-refractivity contribution in [3.63, 3.8) is 0 Å². The van der Waals surface area contributed by atoms with Crippen LogP contribution in [0, 0.1) is 0 Å². The third-order valence-electron chi connectivity index (χ3n) is 8.89. The van der Waals surface area contributed by atoms with E-state index in [0.29, 0.717) is 68.6 Å². The molecule has 0 aromatic carbocycles. The second-order valence-corrected chi connectivity index (χ2v) is 19.9. The summed E-state index contributed by atoms with van der Waals surface area (Å²) in [5.41, 5.74) is 0.887. The number of carbonyl (C=O) groups excluding carboxylic acids is 3. The second kappa shape index (κ2) is 13.3. The minimum Gasteiger partial charge on any atom is -0.450 e. The van der Waals surface area contributed by atoms with Gasteiger partial charge < -0.3 is 34.8 Å². The minimum absolute atomic E-state index is 0.113. The summed E-state index contributed by atoms with van der Waals surface area (Å²) in [6, 6.07) is -0.437. The first-order valence-corrected chi connectivity index (χ1v) is 19.8. The Morgan fingerprint density at radius 2 is 1.65 bits per heavy atom. The molecule has 0 radical (unpaired) electrons. The van der Waals surface area contributed by atoms with Crippen molar-refractivity contribution in [1.82, 2.24) is 44.9 Å². The molecule has 3 fully saturated rings. The quantitative estimate of drug-likeness (QED) is 0.455. The van der Waals surface area contributed by atoms with E-state index in [9.17, 15) is 14.4 Å². The lowest BCUT2D eigenvalue weighted by atomic mass is 10.1. The van der Waals surface area contributed by atoms with E-state index in [4.69, 9.17) is 24.4 Å². The zero-order valence-electron chi connectivity index (χ0n) is 28.5. The van der Waals surface area contributed by atoms with Crippen LogP contribution in [0.2, 0.25) is 19.6 Å². The summed E-state index contributed by atoms with van der Waals surface area (Å²) in [4.78, 5) is 61.8. The average molecular weight is 659 g/mol. The van der Waals surface area contributed by atoms with E-state index in [1.165, 1.54) is 6.33 Å². The van der Waals surface area contributed by atoms with Gasteiger partial charge in [-0.15, -0.1) is 0 Å². The fourth-order valence-corrected chi connectivity index (χ4v) is 6.38. The van der Waals surface area contributed by atoms with Gasteiger partial charge in [-0.1, -0.05) is 19.6 Å². The van der Waals surface area contributed by atoms with Crippen molar-refractivity contribution in [3.05, 3.63) is 12.0 Å². The molecule has 0 bridgehead atoms. The van der Waals surface area contributed by atoms with Crippen LogP contribution in [-0.2, 0) is 14.3 Å². The van der Waals surface area contributed by atoms with Crippen LogP contribution in [-0.4, -0.2) is 137 Å². The highest BCUT2D eigenvalue weighted by molar-refractivity contribution is 6.77. The van der Waals surface area contributed by atoms with Gasteiger partial charge in [-0.3, -0.25) is 14.3 Å². The van der Waals surface area contributed by atoms with Gasteiger partial charge in [0.15, 0.2) is 5.65 Å². The van der Waals surface area contributed by atoms with Gasteiger partial charge in [0, 0.05) is 65.8 Å². The van der Waals surface area contributed by atoms with E-state index in [2.05, 4.69) is 35.2 Å². The number of piperazine rings is 3. The van der Waals surface area contributed by atoms with Gasteiger partial charge in [0.1, 0.15) is 23.6 Å². The lowest BCUT2D eigenvalue weighted by molar-refractivity contribution is -0.136. The number of nitrogens with zero attached hydrogens (tertiary/aromatic N) is 8. The monoisotopic (exact) mass is 658 g/mol. The Hall–Kier alpha value is -3.50. The van der Waals surface area contributed by atoms with E-state index >= 15 is 0 Å². The van der Waals surface area contributed by atoms with E-state index in [1.807, 2.05) is 32.3 Å². The van der Waals surface area contributed by atoms with Crippen LogP contribution in [0.25, 0.3) is 11.2 Å². The number of aromatic nitrogens is 4. The molecule has 5 heterocycles. The molecule has 0 saturated carbocycles. The lowest BCUT2D eigenvalue weighted by Crippen LogP contribution is -2.55. The normalized spacial score (nSPS) is 22.2. The number of nitrogens with one attached hydrogen (secondary N) is 2. The average Bonchev–Trinajstić information content (AvgIpc) is 3.39. The Balaban J connectivity index is 1.59. The first-order valence-electron chi connectivity index (χ1n) is 16.3. The minimum atomic E-state index is -1.72. The number of carbonyl (C=O) groups is 3. The summed E-state index contributed by atoms with van der Waals surface area (Å²) >= 11 is 0. The van der Waals surface area contributed by atoms with Gasteiger partial charge in [0.05, 0.1) is 32.1 Å². The zero-order chi connectivity index (χ0) is 33.4. The number of ether oxygens (including phenoxy) is 2. The first-order chi connectivity index (χ1) is 21.7. The summed E-state index contributed by atoms with van der Waals surface area (Å²) in [7, 11) is -1.72. The van der Waals surface area contributed by atoms with E-state index in [1.54, 1.807) is 21.6 Å². The number of hydrogen-bond acceptors (Lipinski definition) is 11. The van der Waals surface area contributed by atoms with Crippen molar-refractivity contribution in [1.29, 1.82) is 0 Å². The molecule has 3 unspecified atom stereocenters. The van der Waals surface area contributed by atoms with Crippen molar-refractivity contribution >= 4 is 43.3 Å². The molecule has 46 heavy (non-hydrogen) atoms. The Morgan fingerprint density at radius 1 is 0.957 bits per heavy atom. The van der Waals surface area contributed by atoms with Crippen molar-refractivity contribution in [2.24, 2.45) is 0 Å². The van der Waals surface area contributed by atoms with Crippen molar-refractivity contribution in [3.8, 4) is 0 Å². The first kappa shape index (κ1) is 33.8. The molecule has 15 nitrogen and oxygen atoms in total. The highest BCUT2D eigenvalue weighted by atomic mass is 28.3. The molecule has 254 valence electrons. The fraction of sp³-hybridized carbons (Fsp3) is 0.733. The number of fused-ring (bicyclic) bond motifs is 1. The predicted molar refractivity (Wildman–Crippen MR) is 176 cm³/mol. The second-order valence-electron chi connectivity index (χ2n) is 14.4. The van der Waals surface area contributed by atoms with Crippen LogP contribution in [0.4, 0.5) is 15.5 Å². The maximum Gasteiger partial charge on any atom is 0.410 e. The lowest BCUT2D eigenvalue weighted by Gasteiger charge is -2.43. The summed E-state index contributed by atoms with van der Waals surface area (Å²) in [6.07, 6.45) is 0.115. The van der Waals surface area contributed by atoms with Crippen molar-refractivity contribution in [2.75, 3.05) is 70.3 Å². The Morgan fingerprint density at radius 3 is 2.30 bits per heavy atom. The molecule has 2 aromatic heterocycles. The molecule has 2 aromatic rings. The van der Waals surface area contributed by atoms with Gasteiger partial charge in [-0.25, -0.2) is 24.5 Å². The third-order valence-corrected chi connectivity index (χ3v) is 11.4. The van der Waals surface area contributed by atoms with Crippen LogP contribution in [0.3, 0.4) is 0 Å². The molecule has 2 N–H and O–H groups in total. The molecular formula is C30H50N10O5Si. The summed E-state index contributed by atoms with van der Waals surface area (Å²) in [5.74, 6) is 0.531.